The molecule has 0 aliphatic rings. The van der Waals surface area contributed by atoms with Crippen molar-refractivity contribution in [2.45, 2.75) is 26.5 Å². The largest absolute Gasteiger partial charge is 0.506 e. The van der Waals surface area contributed by atoms with E-state index in [1.807, 2.05) is 36.6 Å². The number of halogens is 1. The molecule has 0 unspecified atom stereocenters. The highest BCUT2D eigenvalue weighted by Gasteiger charge is 2.15. The number of hydrogen-bond acceptors (Lipinski definition) is 2. The van der Waals surface area contributed by atoms with Crippen LogP contribution < -0.4 is 4.74 Å². The molecule has 22 heavy (non-hydrogen) atoms. The highest BCUT2D eigenvalue weighted by Crippen LogP contribution is 2.31. The fraction of sp³-hybridized carbons (Fsp3) is 0.222. The fourth-order valence-electron chi connectivity index (χ4n) is 2.73. The van der Waals surface area contributed by atoms with Crippen molar-refractivity contribution in [3.05, 3.63) is 60.0 Å². The first-order chi connectivity index (χ1) is 10.6. The summed E-state index contributed by atoms with van der Waals surface area (Å²) in [6.45, 7) is 4.32. The summed E-state index contributed by atoms with van der Waals surface area (Å²) < 4.78 is 21.3. The van der Waals surface area contributed by atoms with Crippen LogP contribution in [0.4, 0.5) is 4.39 Å². The molecule has 114 valence electrons. The van der Waals surface area contributed by atoms with Gasteiger partial charge in [0.2, 0.25) is 0 Å². The van der Waals surface area contributed by atoms with Gasteiger partial charge in [0.05, 0.1) is 11.2 Å². The predicted molar refractivity (Wildman–Crippen MR) is 84.7 cm³/mol. The number of phenolic OH excluding ortho intramolecular Hbond substituents is 1. The average molecular weight is 299 g/mol. The van der Waals surface area contributed by atoms with Gasteiger partial charge in [-0.2, -0.15) is 0 Å². The summed E-state index contributed by atoms with van der Waals surface area (Å²) in [6, 6.07) is 13.9. The molecule has 0 spiro atoms. The smallest absolute Gasteiger partial charge is 0.165 e. The van der Waals surface area contributed by atoms with E-state index in [1.54, 1.807) is 24.3 Å². The molecule has 4 heteroatoms. The van der Waals surface area contributed by atoms with Crippen LogP contribution in [-0.2, 0) is 6.61 Å². The molecule has 0 fully saturated rings. The topological polar surface area (TPSA) is 34.4 Å². The molecule has 0 saturated heterocycles. The van der Waals surface area contributed by atoms with E-state index in [0.29, 0.717) is 0 Å². The number of fused-ring (bicyclic) bond motifs is 1. The Labute approximate surface area is 128 Å². The molecular formula is C18H18FNO2. The fourth-order valence-corrected chi connectivity index (χ4v) is 2.73. The monoisotopic (exact) mass is 299 g/mol. The van der Waals surface area contributed by atoms with E-state index >= 15 is 0 Å². The third-order valence-electron chi connectivity index (χ3n) is 3.65. The molecule has 0 aliphatic heterocycles. The summed E-state index contributed by atoms with van der Waals surface area (Å²) in [5, 5.41) is 11.1. The number of benzene rings is 2. The first kappa shape index (κ1) is 14.4. The molecule has 1 aromatic heterocycles. The predicted octanol–water partition coefficient (Wildman–Crippen LogP) is 4.65. The summed E-state index contributed by atoms with van der Waals surface area (Å²) in [4.78, 5) is 0. The molecule has 1 N–H and O–H groups in total. The van der Waals surface area contributed by atoms with Crippen LogP contribution in [0.1, 0.15) is 25.6 Å². The number of aromatic hydroxyl groups is 1. The van der Waals surface area contributed by atoms with E-state index in [9.17, 15) is 9.50 Å². The van der Waals surface area contributed by atoms with Crippen molar-refractivity contribution in [2.24, 2.45) is 0 Å². The molecule has 0 aliphatic carbocycles. The van der Waals surface area contributed by atoms with Gasteiger partial charge in [0.1, 0.15) is 12.4 Å². The lowest BCUT2D eigenvalue weighted by molar-refractivity contribution is 0.278. The number of phenols is 1. The Morgan fingerprint density at radius 2 is 1.91 bits per heavy atom. The molecule has 3 nitrogen and oxygen atoms in total. The van der Waals surface area contributed by atoms with E-state index in [1.165, 1.54) is 6.07 Å². The third kappa shape index (κ3) is 2.52. The zero-order valence-electron chi connectivity index (χ0n) is 12.6. The number of aromatic nitrogens is 1. The first-order valence-corrected chi connectivity index (χ1v) is 7.27. The van der Waals surface area contributed by atoms with Gasteiger partial charge in [-0.15, -0.1) is 0 Å². The maximum absolute atomic E-state index is 13.6. The molecule has 2 aromatic carbocycles. The average Bonchev–Trinajstić information content (AvgIpc) is 2.86. The second-order valence-electron chi connectivity index (χ2n) is 5.53. The van der Waals surface area contributed by atoms with Crippen LogP contribution in [0.2, 0.25) is 0 Å². The Hall–Kier alpha value is -2.49. The van der Waals surface area contributed by atoms with Gasteiger partial charge >= 0.3 is 0 Å². The number of ether oxygens (including phenoxy) is 1. The zero-order chi connectivity index (χ0) is 15.7. The lowest BCUT2D eigenvalue weighted by Gasteiger charge is -2.16. The van der Waals surface area contributed by atoms with Crippen molar-refractivity contribution in [3.8, 4) is 11.5 Å². The Bertz CT molecular complexity index is 808. The minimum atomic E-state index is -0.377. The molecule has 0 atom stereocenters. The van der Waals surface area contributed by atoms with Crippen molar-refractivity contribution < 1.29 is 14.2 Å². The maximum atomic E-state index is 13.6. The maximum Gasteiger partial charge on any atom is 0.165 e. The van der Waals surface area contributed by atoms with Crippen LogP contribution in [0.5, 0.6) is 11.5 Å². The number of hydrogen-bond donors (Lipinski definition) is 1. The lowest BCUT2D eigenvalue weighted by atomic mass is 10.2. The van der Waals surface area contributed by atoms with Gasteiger partial charge in [-0.1, -0.05) is 24.3 Å². The minimum absolute atomic E-state index is 0.157. The molecule has 3 rings (SSSR count). The van der Waals surface area contributed by atoms with Gasteiger partial charge < -0.3 is 14.4 Å². The van der Waals surface area contributed by atoms with Gasteiger partial charge in [-0.25, -0.2) is 4.39 Å². The molecule has 0 amide bonds. The molecular weight excluding hydrogens is 281 g/mol. The van der Waals surface area contributed by atoms with Crippen LogP contribution in [0.3, 0.4) is 0 Å². The van der Waals surface area contributed by atoms with E-state index < -0.39 is 0 Å². The van der Waals surface area contributed by atoms with E-state index in [0.717, 1.165) is 16.6 Å². The van der Waals surface area contributed by atoms with Crippen molar-refractivity contribution in [2.75, 3.05) is 0 Å². The van der Waals surface area contributed by atoms with Crippen molar-refractivity contribution in [3.63, 3.8) is 0 Å². The molecule has 3 aromatic rings. The Kier molecular flexibility index (Phi) is 3.75. The standard InChI is InChI=1S/C18H18FNO2/c1-12(2)20-14(10-13-6-5-8-16(21)18(13)20)11-22-17-9-4-3-7-15(17)19/h3-10,12,21H,11H2,1-2H3. The van der Waals surface area contributed by atoms with Gasteiger partial charge in [0, 0.05) is 11.4 Å². The first-order valence-electron chi connectivity index (χ1n) is 7.27. The van der Waals surface area contributed by atoms with Crippen LogP contribution in [0.25, 0.3) is 10.9 Å². The highest BCUT2D eigenvalue weighted by molar-refractivity contribution is 5.86. The highest BCUT2D eigenvalue weighted by atomic mass is 19.1. The Morgan fingerprint density at radius 3 is 2.64 bits per heavy atom. The van der Waals surface area contributed by atoms with Crippen molar-refractivity contribution in [1.82, 2.24) is 4.57 Å². The van der Waals surface area contributed by atoms with Crippen LogP contribution in [0.15, 0.2) is 48.5 Å². The zero-order valence-corrected chi connectivity index (χ0v) is 12.6. The second kappa shape index (κ2) is 5.72. The van der Waals surface area contributed by atoms with E-state index in [-0.39, 0.29) is 30.0 Å². The number of rotatable bonds is 4. The van der Waals surface area contributed by atoms with E-state index in [4.69, 9.17) is 4.74 Å². The Balaban J connectivity index is 1.99. The van der Waals surface area contributed by atoms with E-state index in [2.05, 4.69) is 0 Å². The number of nitrogens with zero attached hydrogens (tertiary/aromatic N) is 1. The van der Waals surface area contributed by atoms with Gasteiger partial charge in [-0.05, 0) is 38.1 Å². The quantitative estimate of drug-likeness (QED) is 0.761. The van der Waals surface area contributed by atoms with Gasteiger partial charge in [0.15, 0.2) is 11.6 Å². The summed E-state index contributed by atoms with van der Waals surface area (Å²) in [5.74, 6) is 0.0909. The Morgan fingerprint density at radius 1 is 1.14 bits per heavy atom. The second-order valence-corrected chi connectivity index (χ2v) is 5.53. The third-order valence-corrected chi connectivity index (χ3v) is 3.65. The summed E-state index contributed by atoms with van der Waals surface area (Å²) >= 11 is 0. The van der Waals surface area contributed by atoms with Crippen LogP contribution in [0, 0.1) is 5.82 Å². The van der Waals surface area contributed by atoms with Crippen LogP contribution >= 0.6 is 0 Å². The molecule has 0 radical (unpaired) electrons. The lowest BCUT2D eigenvalue weighted by Crippen LogP contribution is -2.08. The number of para-hydroxylation sites is 2. The summed E-state index contributed by atoms with van der Waals surface area (Å²) in [6.07, 6.45) is 0. The minimum Gasteiger partial charge on any atom is -0.506 e. The molecule has 0 saturated carbocycles. The van der Waals surface area contributed by atoms with Gasteiger partial charge in [-0.3, -0.25) is 0 Å². The molecule has 0 bridgehead atoms. The summed E-state index contributed by atoms with van der Waals surface area (Å²) in [7, 11) is 0. The molecule has 1 heterocycles. The van der Waals surface area contributed by atoms with Crippen LogP contribution in [-0.4, -0.2) is 9.67 Å². The summed E-state index contributed by atoms with van der Waals surface area (Å²) in [5.41, 5.74) is 1.68. The SMILES string of the molecule is CC(C)n1c(COc2ccccc2F)cc2cccc(O)c21. The van der Waals surface area contributed by atoms with Crippen molar-refractivity contribution in [1.29, 1.82) is 0 Å². The van der Waals surface area contributed by atoms with Gasteiger partial charge in [0.25, 0.3) is 0 Å². The van der Waals surface area contributed by atoms with Crippen molar-refractivity contribution >= 4 is 10.9 Å². The normalized spacial score (nSPS) is 11.3.